The lowest BCUT2D eigenvalue weighted by atomic mass is 9.47. The minimum Gasteiger partial charge on any atom is -0.504 e. The third-order valence-corrected chi connectivity index (χ3v) is 9.36. The lowest BCUT2D eigenvalue weighted by molar-refractivity contribution is -0.198. The smallest absolute Gasteiger partial charge is 0.230 e. The average Bonchev–Trinajstić information content (AvgIpc) is 3.64. The molecule has 1 amide bonds. The number of Topliss-reactive ketones (excluding diaryl/α,β-unsaturated/α-hetero) is 1. The Morgan fingerprint density at radius 2 is 2.00 bits per heavy atom. The van der Waals surface area contributed by atoms with Crippen LogP contribution in [0.25, 0.3) is 0 Å². The normalized spacial score (nSPS) is 33.4. The SMILES string of the molecule is O=C(NCCOc1ccccc1)C1C[C@@]2(O)[C@H]3Cc4ccc(O)c5c4[C@@]2(CCN3CC2CC2)[C@@H](O5)C1=O. The predicted octanol–water partition coefficient (Wildman–Crippen LogP) is 1.95. The third-order valence-electron chi connectivity index (χ3n) is 9.36. The van der Waals surface area contributed by atoms with Crippen LogP contribution in [0, 0.1) is 11.8 Å². The number of phenols is 1. The molecule has 194 valence electrons. The minimum atomic E-state index is -1.31. The maximum absolute atomic E-state index is 13.8. The van der Waals surface area contributed by atoms with Crippen LogP contribution in [0.15, 0.2) is 42.5 Å². The molecule has 2 saturated carbocycles. The average molecular weight is 505 g/mol. The highest BCUT2D eigenvalue weighted by molar-refractivity contribution is 6.06. The first kappa shape index (κ1) is 23.0. The number of ether oxygens (including phenoxy) is 2. The van der Waals surface area contributed by atoms with Crippen molar-refractivity contribution in [2.75, 3.05) is 26.2 Å². The third kappa shape index (κ3) is 3.28. The van der Waals surface area contributed by atoms with Gasteiger partial charge in [-0.15, -0.1) is 0 Å². The number of carbonyl (C=O) groups is 2. The molecule has 5 aliphatic rings. The number of nitrogens with one attached hydrogen (secondary N) is 1. The van der Waals surface area contributed by atoms with Crippen molar-refractivity contribution in [3.63, 3.8) is 0 Å². The minimum absolute atomic E-state index is 0.0180. The van der Waals surface area contributed by atoms with E-state index in [9.17, 15) is 19.8 Å². The number of aromatic hydroxyl groups is 1. The van der Waals surface area contributed by atoms with Crippen LogP contribution in [0.2, 0.25) is 0 Å². The van der Waals surface area contributed by atoms with E-state index in [1.165, 1.54) is 12.8 Å². The van der Waals surface area contributed by atoms with Crippen molar-refractivity contribution in [3.05, 3.63) is 53.6 Å². The van der Waals surface area contributed by atoms with Crippen molar-refractivity contribution >= 4 is 11.7 Å². The van der Waals surface area contributed by atoms with Gasteiger partial charge in [0.25, 0.3) is 0 Å². The summed E-state index contributed by atoms with van der Waals surface area (Å²) in [7, 11) is 0. The summed E-state index contributed by atoms with van der Waals surface area (Å²) in [6.45, 7) is 2.20. The summed E-state index contributed by atoms with van der Waals surface area (Å²) >= 11 is 0. The predicted molar refractivity (Wildman–Crippen MR) is 134 cm³/mol. The molecule has 2 bridgehead atoms. The molecule has 2 aromatic carbocycles. The van der Waals surface area contributed by atoms with Gasteiger partial charge in [0.2, 0.25) is 5.91 Å². The molecule has 37 heavy (non-hydrogen) atoms. The number of benzene rings is 2. The molecule has 3 N–H and O–H groups in total. The van der Waals surface area contributed by atoms with Crippen LogP contribution in [0.3, 0.4) is 0 Å². The van der Waals surface area contributed by atoms with Crippen LogP contribution in [0.5, 0.6) is 17.2 Å². The number of carbonyl (C=O) groups excluding carboxylic acids is 2. The summed E-state index contributed by atoms with van der Waals surface area (Å²) in [5.41, 5.74) is -0.443. The lowest BCUT2D eigenvalue weighted by Crippen LogP contribution is -2.78. The van der Waals surface area contributed by atoms with Gasteiger partial charge in [-0.2, -0.15) is 0 Å². The van der Waals surface area contributed by atoms with Crippen molar-refractivity contribution in [2.24, 2.45) is 11.8 Å². The summed E-state index contributed by atoms with van der Waals surface area (Å²) in [6, 6.07) is 12.7. The largest absolute Gasteiger partial charge is 0.504 e. The van der Waals surface area contributed by atoms with E-state index in [0.717, 1.165) is 24.2 Å². The molecule has 2 heterocycles. The topological polar surface area (TPSA) is 108 Å². The van der Waals surface area contributed by atoms with Gasteiger partial charge in [0.15, 0.2) is 23.4 Å². The summed E-state index contributed by atoms with van der Waals surface area (Å²) in [6.07, 6.45) is 2.65. The Labute approximate surface area is 215 Å². The summed E-state index contributed by atoms with van der Waals surface area (Å²) < 4.78 is 11.9. The highest BCUT2D eigenvalue weighted by Crippen LogP contribution is 2.65. The number of phenolic OH excluding ortho intramolecular Hbond substituents is 1. The monoisotopic (exact) mass is 504 g/mol. The van der Waals surface area contributed by atoms with Gasteiger partial charge in [-0.05, 0) is 68.3 Å². The van der Waals surface area contributed by atoms with Gasteiger partial charge < -0.3 is 25.0 Å². The zero-order valence-electron chi connectivity index (χ0n) is 20.7. The fourth-order valence-electron chi connectivity index (χ4n) is 7.51. The van der Waals surface area contributed by atoms with E-state index in [1.807, 2.05) is 36.4 Å². The number of likely N-dealkylation sites (tertiary alicyclic amines) is 1. The molecule has 7 rings (SSSR count). The van der Waals surface area contributed by atoms with E-state index in [-0.39, 0.29) is 37.1 Å². The molecule has 1 saturated heterocycles. The molecule has 8 heteroatoms. The molecule has 1 unspecified atom stereocenters. The van der Waals surface area contributed by atoms with Crippen LogP contribution < -0.4 is 14.8 Å². The first-order valence-corrected chi connectivity index (χ1v) is 13.4. The molecule has 0 aromatic heterocycles. The second-order valence-electron chi connectivity index (χ2n) is 11.4. The quantitative estimate of drug-likeness (QED) is 0.391. The Kier molecular flexibility index (Phi) is 5.11. The highest BCUT2D eigenvalue weighted by atomic mass is 16.5. The van der Waals surface area contributed by atoms with Gasteiger partial charge in [-0.1, -0.05) is 24.3 Å². The second-order valence-corrected chi connectivity index (χ2v) is 11.4. The summed E-state index contributed by atoms with van der Waals surface area (Å²) in [5, 5.41) is 26.1. The summed E-state index contributed by atoms with van der Waals surface area (Å²) in [4.78, 5) is 29.6. The molecule has 8 nitrogen and oxygen atoms in total. The molecule has 2 aliphatic heterocycles. The summed E-state index contributed by atoms with van der Waals surface area (Å²) in [5.74, 6) is -0.105. The van der Waals surface area contributed by atoms with Crippen molar-refractivity contribution in [1.82, 2.24) is 10.2 Å². The van der Waals surface area contributed by atoms with E-state index in [0.29, 0.717) is 30.3 Å². The maximum atomic E-state index is 13.8. The van der Waals surface area contributed by atoms with Gasteiger partial charge in [0.05, 0.1) is 17.6 Å². The van der Waals surface area contributed by atoms with Crippen molar-refractivity contribution in [2.45, 2.75) is 55.3 Å². The van der Waals surface area contributed by atoms with Crippen LogP contribution >= 0.6 is 0 Å². The Morgan fingerprint density at radius 3 is 2.78 bits per heavy atom. The van der Waals surface area contributed by atoms with Gasteiger partial charge in [0, 0.05) is 18.2 Å². The van der Waals surface area contributed by atoms with Crippen LogP contribution in [0.1, 0.15) is 36.8 Å². The number of ketones is 1. The van der Waals surface area contributed by atoms with Crippen molar-refractivity contribution in [1.29, 1.82) is 0 Å². The number of para-hydroxylation sites is 1. The van der Waals surface area contributed by atoms with Crippen molar-refractivity contribution in [3.8, 4) is 17.2 Å². The van der Waals surface area contributed by atoms with Gasteiger partial charge >= 0.3 is 0 Å². The van der Waals surface area contributed by atoms with E-state index >= 15 is 0 Å². The second kappa shape index (κ2) is 8.20. The van der Waals surface area contributed by atoms with E-state index in [1.54, 1.807) is 6.07 Å². The zero-order chi connectivity index (χ0) is 25.4. The highest BCUT2D eigenvalue weighted by Gasteiger charge is 2.75. The Bertz CT molecular complexity index is 1260. The Balaban J connectivity index is 1.18. The molecule has 0 radical (unpaired) electrons. The molecule has 3 aliphatic carbocycles. The van der Waals surface area contributed by atoms with Crippen LogP contribution in [-0.2, 0) is 21.4 Å². The van der Waals surface area contributed by atoms with Gasteiger partial charge in [0.1, 0.15) is 18.3 Å². The lowest BCUT2D eigenvalue weighted by Gasteiger charge is -2.63. The number of rotatable bonds is 7. The Hall–Kier alpha value is -3.10. The van der Waals surface area contributed by atoms with Gasteiger partial charge in [-0.3, -0.25) is 14.5 Å². The number of hydrogen-bond acceptors (Lipinski definition) is 7. The fraction of sp³-hybridized carbons (Fsp3) is 0.517. The number of piperidine rings is 1. The molecule has 1 spiro atoms. The maximum Gasteiger partial charge on any atom is 0.230 e. The van der Waals surface area contributed by atoms with Crippen LogP contribution in [-0.4, -0.2) is 70.8 Å². The van der Waals surface area contributed by atoms with E-state index < -0.39 is 28.9 Å². The van der Waals surface area contributed by atoms with Crippen molar-refractivity contribution < 1.29 is 29.3 Å². The zero-order valence-corrected chi connectivity index (χ0v) is 20.7. The number of nitrogens with zero attached hydrogens (tertiary/aromatic N) is 1. The molecule has 2 aromatic rings. The van der Waals surface area contributed by atoms with E-state index in [4.69, 9.17) is 9.47 Å². The van der Waals surface area contributed by atoms with Gasteiger partial charge in [-0.25, -0.2) is 0 Å². The fourth-order valence-corrected chi connectivity index (χ4v) is 7.51. The first-order chi connectivity index (χ1) is 17.9. The molecule has 3 fully saturated rings. The molecular weight excluding hydrogens is 472 g/mol. The standard InChI is InChI=1S/C29H32N2O6/c32-21-9-8-18-14-22-29(35)15-20(27(34)30-11-13-36-19-4-2-1-3-5-19)24(33)26-28(29,23(18)25(21)37-26)10-12-31(22)16-17-6-7-17/h1-5,8-9,17,20,22,26,32,35H,6-7,10-16H2,(H,30,34)/t20?,22-,26+,28+,29-/m1/s1. The van der Waals surface area contributed by atoms with E-state index in [2.05, 4.69) is 10.2 Å². The molecule has 5 atom stereocenters. The number of aliphatic hydroxyl groups is 1. The number of hydrogen-bond donors (Lipinski definition) is 3. The molecular formula is C29H32N2O6. The first-order valence-electron chi connectivity index (χ1n) is 13.4. The number of amides is 1. The Morgan fingerprint density at radius 1 is 1.19 bits per heavy atom. The van der Waals surface area contributed by atoms with Crippen LogP contribution in [0.4, 0.5) is 0 Å².